The molecule has 1 aromatic carbocycles. The molecule has 1 atom stereocenters. The number of methoxy groups -OCH3 is 1. The summed E-state index contributed by atoms with van der Waals surface area (Å²) in [6.07, 6.45) is 3.60. The van der Waals surface area contributed by atoms with E-state index in [0.29, 0.717) is 43.1 Å². The van der Waals surface area contributed by atoms with E-state index in [-0.39, 0.29) is 17.9 Å². The molecule has 0 bridgehead atoms. The number of carbonyl (C=O) groups is 2. The summed E-state index contributed by atoms with van der Waals surface area (Å²) in [5.41, 5.74) is 1.15. The van der Waals surface area contributed by atoms with Gasteiger partial charge >= 0.3 is 0 Å². The highest BCUT2D eigenvalue weighted by Gasteiger charge is 2.24. The van der Waals surface area contributed by atoms with Crippen LogP contribution in [0.5, 0.6) is 5.75 Å². The van der Waals surface area contributed by atoms with Gasteiger partial charge in [-0.05, 0) is 59.6 Å². The molecule has 1 unspecified atom stereocenters. The van der Waals surface area contributed by atoms with Gasteiger partial charge in [-0.15, -0.1) is 0 Å². The molecule has 7 nitrogen and oxygen atoms in total. The van der Waals surface area contributed by atoms with Crippen LogP contribution in [0.3, 0.4) is 0 Å². The number of pyridine rings is 1. The predicted molar refractivity (Wildman–Crippen MR) is 125 cm³/mol. The highest BCUT2D eigenvalue weighted by molar-refractivity contribution is 9.10. The summed E-state index contributed by atoms with van der Waals surface area (Å²) in [5.74, 6) is 1.35. The van der Waals surface area contributed by atoms with Crippen LogP contribution in [0.2, 0.25) is 0 Å². The SMILES string of the molecule is CCCC(C)NC(=O)c1ccc(N2CCN(C(=O)c3cc(OC)ccc3Br)CC2)nc1. The monoisotopic (exact) mass is 488 g/mol. The lowest BCUT2D eigenvalue weighted by molar-refractivity contribution is 0.0745. The van der Waals surface area contributed by atoms with E-state index in [0.717, 1.165) is 23.1 Å². The van der Waals surface area contributed by atoms with Gasteiger partial charge < -0.3 is 19.9 Å². The maximum Gasteiger partial charge on any atom is 0.255 e. The molecular weight excluding hydrogens is 460 g/mol. The van der Waals surface area contributed by atoms with E-state index in [2.05, 4.69) is 38.1 Å². The highest BCUT2D eigenvalue weighted by Crippen LogP contribution is 2.25. The summed E-state index contributed by atoms with van der Waals surface area (Å²) in [5, 5.41) is 2.99. The third kappa shape index (κ3) is 5.76. The Bertz CT molecular complexity index is 912. The number of ether oxygens (including phenoxy) is 1. The van der Waals surface area contributed by atoms with Gasteiger partial charge in [-0.25, -0.2) is 4.98 Å². The minimum atomic E-state index is -0.0979. The fourth-order valence-corrected chi connectivity index (χ4v) is 4.04. The Kier molecular flexibility index (Phi) is 7.90. The highest BCUT2D eigenvalue weighted by atomic mass is 79.9. The summed E-state index contributed by atoms with van der Waals surface area (Å²) in [6.45, 7) is 6.66. The number of rotatable bonds is 7. The first-order valence-corrected chi connectivity index (χ1v) is 11.4. The Balaban J connectivity index is 1.58. The van der Waals surface area contributed by atoms with Gasteiger partial charge in [0.05, 0.1) is 18.2 Å². The molecule has 1 fully saturated rings. The van der Waals surface area contributed by atoms with Crippen molar-refractivity contribution in [2.24, 2.45) is 0 Å². The first-order valence-electron chi connectivity index (χ1n) is 10.6. The molecule has 0 saturated carbocycles. The summed E-state index contributed by atoms with van der Waals surface area (Å²) < 4.78 is 6.00. The first kappa shape index (κ1) is 23.1. The third-order valence-corrected chi connectivity index (χ3v) is 6.10. The smallest absolute Gasteiger partial charge is 0.255 e. The Labute approximate surface area is 191 Å². The zero-order chi connectivity index (χ0) is 22.4. The summed E-state index contributed by atoms with van der Waals surface area (Å²) in [7, 11) is 1.59. The average Bonchev–Trinajstić information content (AvgIpc) is 2.79. The Hall–Kier alpha value is -2.61. The van der Waals surface area contributed by atoms with Gasteiger partial charge in [0.1, 0.15) is 11.6 Å². The van der Waals surface area contributed by atoms with Gasteiger partial charge in [-0.2, -0.15) is 0 Å². The van der Waals surface area contributed by atoms with E-state index in [4.69, 9.17) is 4.74 Å². The van der Waals surface area contributed by atoms with Gasteiger partial charge in [0.2, 0.25) is 0 Å². The number of hydrogen-bond donors (Lipinski definition) is 1. The van der Waals surface area contributed by atoms with Crippen molar-refractivity contribution in [3.05, 3.63) is 52.1 Å². The number of aromatic nitrogens is 1. The van der Waals surface area contributed by atoms with E-state index in [9.17, 15) is 9.59 Å². The second-order valence-corrected chi connectivity index (χ2v) is 8.55. The largest absolute Gasteiger partial charge is 0.497 e. The summed E-state index contributed by atoms with van der Waals surface area (Å²) >= 11 is 3.46. The number of benzene rings is 1. The number of hydrogen-bond acceptors (Lipinski definition) is 5. The van der Waals surface area contributed by atoms with Crippen molar-refractivity contribution in [3.8, 4) is 5.75 Å². The van der Waals surface area contributed by atoms with Crippen LogP contribution >= 0.6 is 15.9 Å². The van der Waals surface area contributed by atoms with Gasteiger partial charge in [0, 0.05) is 42.9 Å². The lowest BCUT2D eigenvalue weighted by Crippen LogP contribution is -2.49. The molecule has 0 spiro atoms. The average molecular weight is 489 g/mol. The number of halogens is 1. The number of amides is 2. The van der Waals surface area contributed by atoms with Gasteiger partial charge in [0.15, 0.2) is 0 Å². The van der Waals surface area contributed by atoms with E-state index < -0.39 is 0 Å². The van der Waals surface area contributed by atoms with Crippen LogP contribution in [0.25, 0.3) is 0 Å². The fraction of sp³-hybridized carbons (Fsp3) is 0.435. The van der Waals surface area contributed by atoms with Crippen LogP contribution in [0.4, 0.5) is 5.82 Å². The molecule has 1 N–H and O–H groups in total. The van der Waals surface area contributed by atoms with Crippen LogP contribution < -0.4 is 15.0 Å². The number of anilines is 1. The van der Waals surface area contributed by atoms with Gasteiger partial charge in [0.25, 0.3) is 11.8 Å². The molecule has 8 heteroatoms. The lowest BCUT2D eigenvalue weighted by Gasteiger charge is -2.35. The molecule has 1 saturated heterocycles. The van der Waals surface area contributed by atoms with Crippen LogP contribution in [-0.4, -0.2) is 61.0 Å². The first-order chi connectivity index (χ1) is 14.9. The van der Waals surface area contributed by atoms with Crippen molar-refractivity contribution in [3.63, 3.8) is 0 Å². The molecule has 1 aliphatic heterocycles. The van der Waals surface area contributed by atoms with Crippen LogP contribution in [0, 0.1) is 0 Å². The molecule has 2 aromatic rings. The standard InChI is InChI=1S/C23H29BrN4O3/c1-4-5-16(2)26-22(29)17-6-9-21(25-15-17)27-10-12-28(13-11-27)23(30)19-14-18(31-3)7-8-20(19)24/h6-9,14-16H,4-5,10-13H2,1-3H3,(H,26,29). The molecule has 0 radical (unpaired) electrons. The molecule has 3 rings (SSSR count). The Morgan fingerprint density at radius 2 is 1.94 bits per heavy atom. The van der Waals surface area contributed by atoms with Crippen LogP contribution in [0.15, 0.2) is 41.0 Å². The van der Waals surface area contributed by atoms with Crippen molar-refractivity contribution in [1.82, 2.24) is 15.2 Å². The quantitative estimate of drug-likeness (QED) is 0.642. The molecule has 2 amide bonds. The molecule has 1 aliphatic rings. The van der Waals surface area contributed by atoms with Gasteiger partial charge in [-0.1, -0.05) is 13.3 Å². The number of carbonyl (C=O) groups excluding carboxylic acids is 2. The zero-order valence-electron chi connectivity index (χ0n) is 18.2. The number of piperazine rings is 1. The molecule has 31 heavy (non-hydrogen) atoms. The second kappa shape index (κ2) is 10.6. The topological polar surface area (TPSA) is 74.8 Å². The van der Waals surface area contributed by atoms with E-state index in [1.807, 2.05) is 30.0 Å². The van der Waals surface area contributed by atoms with Crippen molar-refractivity contribution in [2.75, 3.05) is 38.2 Å². The van der Waals surface area contributed by atoms with Crippen LogP contribution in [0.1, 0.15) is 47.4 Å². The Morgan fingerprint density at radius 3 is 2.55 bits per heavy atom. The fourth-order valence-electron chi connectivity index (χ4n) is 3.62. The summed E-state index contributed by atoms with van der Waals surface area (Å²) in [4.78, 5) is 33.7. The minimum Gasteiger partial charge on any atom is -0.497 e. The van der Waals surface area contributed by atoms with Crippen molar-refractivity contribution >= 4 is 33.6 Å². The predicted octanol–water partition coefficient (Wildman–Crippen LogP) is 3.73. The number of nitrogens with zero attached hydrogens (tertiary/aromatic N) is 3. The zero-order valence-corrected chi connectivity index (χ0v) is 19.8. The Morgan fingerprint density at radius 1 is 1.19 bits per heavy atom. The van der Waals surface area contributed by atoms with Gasteiger partial charge in [-0.3, -0.25) is 9.59 Å². The van der Waals surface area contributed by atoms with Crippen molar-refractivity contribution in [1.29, 1.82) is 0 Å². The second-order valence-electron chi connectivity index (χ2n) is 7.69. The molecule has 166 valence electrons. The third-order valence-electron chi connectivity index (χ3n) is 5.40. The van der Waals surface area contributed by atoms with E-state index in [1.165, 1.54) is 0 Å². The molecule has 1 aromatic heterocycles. The van der Waals surface area contributed by atoms with E-state index in [1.54, 1.807) is 25.4 Å². The molecule has 2 heterocycles. The minimum absolute atomic E-state index is 0.0217. The summed E-state index contributed by atoms with van der Waals surface area (Å²) in [6, 6.07) is 9.22. The molecule has 0 aliphatic carbocycles. The normalized spacial score (nSPS) is 14.8. The maximum absolute atomic E-state index is 12.9. The maximum atomic E-state index is 12.9. The van der Waals surface area contributed by atoms with Crippen molar-refractivity contribution in [2.45, 2.75) is 32.7 Å². The lowest BCUT2D eigenvalue weighted by atomic mass is 10.1. The molecular formula is C23H29BrN4O3. The van der Waals surface area contributed by atoms with Crippen molar-refractivity contribution < 1.29 is 14.3 Å². The van der Waals surface area contributed by atoms with Crippen LogP contribution in [-0.2, 0) is 0 Å². The van der Waals surface area contributed by atoms with E-state index >= 15 is 0 Å². The number of nitrogens with one attached hydrogen (secondary N) is 1.